The summed E-state index contributed by atoms with van der Waals surface area (Å²) in [5, 5.41) is 8.03. The van der Waals surface area contributed by atoms with Gasteiger partial charge in [0, 0.05) is 5.39 Å². The van der Waals surface area contributed by atoms with Gasteiger partial charge in [-0.2, -0.15) is 5.10 Å². The normalized spacial score (nSPS) is 11.5. The number of hydrogen-bond acceptors (Lipinski definition) is 3. The lowest BCUT2D eigenvalue weighted by Crippen LogP contribution is -1.97. The number of aromatic amines is 1. The maximum atomic E-state index is 13.5. The first kappa shape index (κ1) is 12.2. The van der Waals surface area contributed by atoms with Gasteiger partial charge in [-0.3, -0.25) is 5.10 Å². The standard InChI is InChI=1S/C14H9ClFN5/c15-10-4-8(5-18-14(10)17)21-11-2-1-7(16)3-9(11)13-12(21)6-19-20-13/h1-6H,(H2,17,18)(H,19,20). The third-order valence-corrected chi connectivity index (χ3v) is 3.75. The van der Waals surface area contributed by atoms with Gasteiger partial charge in [-0.1, -0.05) is 11.6 Å². The van der Waals surface area contributed by atoms with Gasteiger partial charge in [0.05, 0.1) is 39.7 Å². The number of rotatable bonds is 1. The van der Waals surface area contributed by atoms with E-state index in [0.29, 0.717) is 5.02 Å². The van der Waals surface area contributed by atoms with Gasteiger partial charge in [-0.15, -0.1) is 0 Å². The Morgan fingerprint density at radius 1 is 1.19 bits per heavy atom. The molecule has 104 valence electrons. The maximum Gasteiger partial charge on any atom is 0.142 e. The number of nitrogens with one attached hydrogen (secondary N) is 1. The van der Waals surface area contributed by atoms with E-state index in [1.807, 2.05) is 4.57 Å². The Balaban J connectivity index is 2.14. The van der Waals surface area contributed by atoms with Crippen LogP contribution in [0.1, 0.15) is 0 Å². The van der Waals surface area contributed by atoms with Crippen LogP contribution >= 0.6 is 11.6 Å². The molecule has 7 heteroatoms. The Labute approximate surface area is 123 Å². The summed E-state index contributed by atoms with van der Waals surface area (Å²) in [6, 6.07) is 6.32. The Morgan fingerprint density at radius 3 is 2.86 bits per heavy atom. The van der Waals surface area contributed by atoms with Crippen LogP contribution in [0.25, 0.3) is 27.6 Å². The zero-order valence-corrected chi connectivity index (χ0v) is 11.4. The van der Waals surface area contributed by atoms with Crippen molar-refractivity contribution in [3.63, 3.8) is 0 Å². The van der Waals surface area contributed by atoms with Crippen molar-refractivity contribution in [3.8, 4) is 5.69 Å². The number of halogens is 2. The predicted molar refractivity (Wildman–Crippen MR) is 80.1 cm³/mol. The second kappa shape index (κ2) is 4.20. The summed E-state index contributed by atoms with van der Waals surface area (Å²) in [5.41, 5.74) is 8.80. The lowest BCUT2D eigenvalue weighted by molar-refractivity contribution is 0.629. The molecule has 1 aromatic carbocycles. The average Bonchev–Trinajstić information content (AvgIpc) is 3.03. The number of anilines is 1. The molecule has 4 rings (SSSR count). The molecule has 3 N–H and O–H groups in total. The third kappa shape index (κ3) is 1.69. The SMILES string of the molecule is Nc1ncc(-n2c3ccc(F)cc3c3[nH]ncc32)cc1Cl. The Bertz CT molecular complexity index is 988. The van der Waals surface area contributed by atoms with E-state index >= 15 is 0 Å². The first-order chi connectivity index (χ1) is 10.1. The molecule has 0 aliphatic rings. The Kier molecular flexibility index (Phi) is 2.43. The van der Waals surface area contributed by atoms with Gasteiger partial charge in [0.15, 0.2) is 0 Å². The van der Waals surface area contributed by atoms with Crippen molar-refractivity contribution in [1.82, 2.24) is 19.7 Å². The predicted octanol–water partition coefficient (Wildman–Crippen LogP) is 3.28. The van der Waals surface area contributed by atoms with Crippen LogP contribution in [0.4, 0.5) is 10.2 Å². The average molecular weight is 302 g/mol. The second-order valence-electron chi connectivity index (χ2n) is 4.69. The van der Waals surface area contributed by atoms with E-state index in [-0.39, 0.29) is 11.6 Å². The van der Waals surface area contributed by atoms with Crippen molar-refractivity contribution >= 4 is 39.4 Å². The molecule has 0 aliphatic carbocycles. The monoisotopic (exact) mass is 301 g/mol. The van der Waals surface area contributed by atoms with Gasteiger partial charge in [0.25, 0.3) is 0 Å². The van der Waals surface area contributed by atoms with Gasteiger partial charge < -0.3 is 10.3 Å². The van der Waals surface area contributed by atoms with Gasteiger partial charge in [-0.05, 0) is 24.3 Å². The van der Waals surface area contributed by atoms with Gasteiger partial charge in [-0.25, -0.2) is 9.37 Å². The zero-order chi connectivity index (χ0) is 14.6. The van der Waals surface area contributed by atoms with E-state index in [1.54, 1.807) is 24.5 Å². The molecular formula is C14H9ClFN5. The first-order valence-corrected chi connectivity index (χ1v) is 6.57. The molecule has 5 nitrogen and oxygen atoms in total. The highest BCUT2D eigenvalue weighted by Gasteiger charge is 2.15. The van der Waals surface area contributed by atoms with Crippen molar-refractivity contribution in [2.24, 2.45) is 0 Å². The minimum atomic E-state index is -0.301. The number of aromatic nitrogens is 4. The minimum absolute atomic E-state index is 0.270. The van der Waals surface area contributed by atoms with E-state index in [9.17, 15) is 4.39 Å². The highest BCUT2D eigenvalue weighted by atomic mass is 35.5. The van der Waals surface area contributed by atoms with E-state index in [1.165, 1.54) is 12.1 Å². The molecule has 21 heavy (non-hydrogen) atoms. The smallest absolute Gasteiger partial charge is 0.142 e. The molecule has 3 heterocycles. The number of hydrogen-bond donors (Lipinski definition) is 2. The van der Waals surface area contributed by atoms with E-state index < -0.39 is 0 Å². The second-order valence-corrected chi connectivity index (χ2v) is 5.09. The molecule has 0 saturated carbocycles. The molecule has 0 saturated heterocycles. The number of fused-ring (bicyclic) bond motifs is 3. The number of H-pyrrole nitrogens is 1. The third-order valence-electron chi connectivity index (χ3n) is 3.44. The molecule has 0 radical (unpaired) electrons. The fraction of sp³-hybridized carbons (Fsp3) is 0. The highest BCUT2D eigenvalue weighted by molar-refractivity contribution is 6.32. The zero-order valence-electron chi connectivity index (χ0n) is 10.6. The van der Waals surface area contributed by atoms with Crippen LogP contribution in [0.5, 0.6) is 0 Å². The summed E-state index contributed by atoms with van der Waals surface area (Å²) in [4.78, 5) is 4.07. The molecule has 0 spiro atoms. The first-order valence-electron chi connectivity index (χ1n) is 6.19. The lowest BCUT2D eigenvalue weighted by atomic mass is 10.2. The summed E-state index contributed by atoms with van der Waals surface area (Å²) < 4.78 is 15.4. The van der Waals surface area contributed by atoms with Gasteiger partial charge in [0.1, 0.15) is 11.6 Å². The topological polar surface area (TPSA) is 72.5 Å². The van der Waals surface area contributed by atoms with Crippen molar-refractivity contribution in [3.05, 3.63) is 47.5 Å². The Morgan fingerprint density at radius 2 is 2.05 bits per heavy atom. The molecule has 0 bridgehead atoms. The minimum Gasteiger partial charge on any atom is -0.382 e. The molecular weight excluding hydrogens is 293 g/mol. The van der Waals surface area contributed by atoms with Crippen molar-refractivity contribution < 1.29 is 4.39 Å². The van der Waals surface area contributed by atoms with Crippen LogP contribution in [-0.4, -0.2) is 19.7 Å². The fourth-order valence-electron chi connectivity index (χ4n) is 2.52. The Hall–Kier alpha value is -2.60. The number of pyridine rings is 1. The van der Waals surface area contributed by atoms with Crippen molar-refractivity contribution in [2.75, 3.05) is 5.73 Å². The van der Waals surface area contributed by atoms with E-state index in [0.717, 1.165) is 27.6 Å². The molecule has 0 atom stereocenters. The summed E-state index contributed by atoms with van der Waals surface area (Å²) in [6.45, 7) is 0. The fourth-order valence-corrected chi connectivity index (χ4v) is 2.68. The highest BCUT2D eigenvalue weighted by Crippen LogP contribution is 2.32. The number of nitrogen functional groups attached to an aromatic ring is 1. The van der Waals surface area contributed by atoms with Crippen molar-refractivity contribution in [1.29, 1.82) is 0 Å². The largest absolute Gasteiger partial charge is 0.382 e. The van der Waals surface area contributed by atoms with Gasteiger partial charge in [0.2, 0.25) is 0 Å². The molecule has 0 fully saturated rings. The van der Waals surface area contributed by atoms with Gasteiger partial charge >= 0.3 is 0 Å². The number of nitrogens with two attached hydrogens (primary N) is 1. The van der Waals surface area contributed by atoms with Crippen LogP contribution in [0.2, 0.25) is 5.02 Å². The van der Waals surface area contributed by atoms with Crippen molar-refractivity contribution in [2.45, 2.75) is 0 Å². The van der Waals surface area contributed by atoms with Crippen LogP contribution < -0.4 is 5.73 Å². The van der Waals surface area contributed by atoms with Crippen LogP contribution in [0.15, 0.2) is 36.7 Å². The summed E-state index contributed by atoms with van der Waals surface area (Å²) >= 11 is 6.05. The van der Waals surface area contributed by atoms with E-state index in [2.05, 4.69) is 15.2 Å². The maximum absolute atomic E-state index is 13.5. The summed E-state index contributed by atoms with van der Waals surface area (Å²) in [6.07, 6.45) is 3.30. The quantitative estimate of drug-likeness (QED) is 0.566. The molecule has 0 amide bonds. The number of nitrogens with zero attached hydrogens (tertiary/aromatic N) is 3. The molecule has 0 aliphatic heterocycles. The van der Waals surface area contributed by atoms with Crippen LogP contribution in [-0.2, 0) is 0 Å². The molecule has 0 unspecified atom stereocenters. The molecule has 3 aromatic heterocycles. The lowest BCUT2D eigenvalue weighted by Gasteiger charge is -2.07. The van der Waals surface area contributed by atoms with E-state index in [4.69, 9.17) is 17.3 Å². The summed E-state index contributed by atoms with van der Waals surface area (Å²) in [5.74, 6) is -0.0315. The number of benzene rings is 1. The summed E-state index contributed by atoms with van der Waals surface area (Å²) in [7, 11) is 0. The van der Waals surface area contributed by atoms with Crippen LogP contribution in [0.3, 0.4) is 0 Å². The van der Waals surface area contributed by atoms with Crippen LogP contribution in [0, 0.1) is 5.82 Å². The molecule has 4 aromatic rings.